The Morgan fingerprint density at radius 2 is 1.56 bits per heavy atom. The first kappa shape index (κ1) is 16.9. The molecule has 25 heavy (non-hydrogen) atoms. The monoisotopic (exact) mass is 342 g/mol. The summed E-state index contributed by atoms with van der Waals surface area (Å²) >= 11 is 0. The molecule has 4 heteroatoms. The van der Waals surface area contributed by atoms with Crippen LogP contribution in [0.15, 0.2) is 9.05 Å². The van der Waals surface area contributed by atoms with Gasteiger partial charge in [-0.2, -0.15) is 0 Å². The third-order valence-electron chi connectivity index (χ3n) is 6.43. The number of hydrogen-bond acceptors (Lipinski definition) is 4. The summed E-state index contributed by atoms with van der Waals surface area (Å²) in [7, 11) is 0. The fourth-order valence-corrected chi connectivity index (χ4v) is 5.10. The second kappa shape index (κ2) is 6.00. The Hall–Kier alpha value is -1.58. The number of rotatable bonds is 5. The highest BCUT2D eigenvalue weighted by molar-refractivity contribution is 5.35. The standard InChI is InChI=1S/C21H30N2O2/c1-10(2)18-12(5)22-25-21(18)17-9-16(17)14-7-8-15(14)20-19(11(3)4)13(6)24-23-20/h10-11,14-17H,7-9H2,1-6H3. The molecule has 136 valence electrons. The van der Waals surface area contributed by atoms with Crippen LogP contribution in [0.4, 0.5) is 0 Å². The van der Waals surface area contributed by atoms with Crippen molar-refractivity contribution < 1.29 is 9.05 Å². The fraction of sp³-hybridized carbons (Fsp3) is 0.714. The van der Waals surface area contributed by atoms with Crippen LogP contribution in [0.5, 0.6) is 0 Å². The van der Waals surface area contributed by atoms with Crippen LogP contribution in [0, 0.1) is 25.7 Å². The van der Waals surface area contributed by atoms with Gasteiger partial charge in [-0.15, -0.1) is 0 Å². The molecule has 2 fully saturated rings. The van der Waals surface area contributed by atoms with Gasteiger partial charge >= 0.3 is 0 Å². The lowest BCUT2D eigenvalue weighted by atomic mass is 9.67. The molecule has 0 bridgehead atoms. The highest BCUT2D eigenvalue weighted by Crippen LogP contribution is 2.62. The molecule has 0 radical (unpaired) electrons. The van der Waals surface area contributed by atoms with Crippen LogP contribution in [-0.4, -0.2) is 10.3 Å². The van der Waals surface area contributed by atoms with Crippen molar-refractivity contribution >= 4 is 0 Å². The molecule has 0 aromatic carbocycles. The van der Waals surface area contributed by atoms with E-state index in [1.54, 1.807) is 0 Å². The minimum atomic E-state index is 0.474. The zero-order chi connectivity index (χ0) is 17.9. The van der Waals surface area contributed by atoms with E-state index in [9.17, 15) is 0 Å². The highest BCUT2D eigenvalue weighted by Gasteiger charge is 2.53. The topological polar surface area (TPSA) is 52.1 Å². The molecule has 0 N–H and O–H groups in total. The summed E-state index contributed by atoms with van der Waals surface area (Å²) in [6.07, 6.45) is 3.79. The molecular formula is C21H30N2O2. The first-order valence-electron chi connectivity index (χ1n) is 9.82. The Morgan fingerprint density at radius 3 is 2.16 bits per heavy atom. The number of aryl methyl sites for hydroxylation is 2. The summed E-state index contributed by atoms with van der Waals surface area (Å²) in [5.74, 6) is 5.67. The Morgan fingerprint density at radius 1 is 0.840 bits per heavy atom. The van der Waals surface area contributed by atoms with Gasteiger partial charge in [0.05, 0.1) is 11.4 Å². The Kier molecular flexibility index (Phi) is 4.04. The Balaban J connectivity index is 1.54. The van der Waals surface area contributed by atoms with E-state index in [4.69, 9.17) is 9.05 Å². The second-order valence-corrected chi connectivity index (χ2v) is 8.75. The van der Waals surface area contributed by atoms with E-state index in [1.165, 1.54) is 36.1 Å². The Labute approximate surface area is 150 Å². The molecule has 2 aliphatic rings. The van der Waals surface area contributed by atoms with Crippen LogP contribution in [0.2, 0.25) is 0 Å². The van der Waals surface area contributed by atoms with Gasteiger partial charge in [-0.3, -0.25) is 0 Å². The van der Waals surface area contributed by atoms with E-state index in [2.05, 4.69) is 44.9 Å². The number of aromatic nitrogens is 2. The summed E-state index contributed by atoms with van der Waals surface area (Å²) in [4.78, 5) is 0. The predicted octanol–water partition coefficient (Wildman–Crippen LogP) is 5.82. The molecule has 0 amide bonds. The van der Waals surface area contributed by atoms with Crippen molar-refractivity contribution in [1.82, 2.24) is 10.3 Å². The molecule has 0 aliphatic heterocycles. The molecule has 2 heterocycles. The van der Waals surface area contributed by atoms with Crippen molar-refractivity contribution in [1.29, 1.82) is 0 Å². The van der Waals surface area contributed by atoms with Crippen molar-refractivity contribution in [3.05, 3.63) is 34.0 Å². The first-order chi connectivity index (χ1) is 11.9. The van der Waals surface area contributed by atoms with E-state index >= 15 is 0 Å². The maximum atomic E-state index is 5.75. The van der Waals surface area contributed by atoms with E-state index in [-0.39, 0.29) is 0 Å². The lowest BCUT2D eigenvalue weighted by Crippen LogP contribution is -2.27. The molecule has 2 aromatic heterocycles. The molecule has 0 saturated heterocycles. The maximum Gasteiger partial charge on any atom is 0.143 e. The van der Waals surface area contributed by atoms with Gasteiger partial charge in [0.15, 0.2) is 0 Å². The van der Waals surface area contributed by atoms with E-state index < -0.39 is 0 Å². The molecule has 2 saturated carbocycles. The average Bonchev–Trinajstić information content (AvgIpc) is 2.99. The smallest absolute Gasteiger partial charge is 0.143 e. The summed E-state index contributed by atoms with van der Waals surface area (Å²) in [5.41, 5.74) is 4.97. The van der Waals surface area contributed by atoms with Crippen LogP contribution in [0.3, 0.4) is 0 Å². The molecule has 2 aliphatic carbocycles. The Bertz CT molecular complexity index is 771. The van der Waals surface area contributed by atoms with Crippen molar-refractivity contribution in [2.75, 3.05) is 0 Å². The summed E-state index contributed by atoms with van der Waals surface area (Å²) in [5, 5.41) is 8.71. The van der Waals surface area contributed by atoms with Crippen molar-refractivity contribution in [3.63, 3.8) is 0 Å². The van der Waals surface area contributed by atoms with E-state index in [0.29, 0.717) is 23.7 Å². The van der Waals surface area contributed by atoms with Crippen molar-refractivity contribution in [2.24, 2.45) is 11.8 Å². The number of hydrogen-bond donors (Lipinski definition) is 0. The number of nitrogens with zero attached hydrogens (tertiary/aromatic N) is 2. The van der Waals surface area contributed by atoms with E-state index in [0.717, 1.165) is 29.1 Å². The second-order valence-electron chi connectivity index (χ2n) is 8.75. The van der Waals surface area contributed by atoms with Crippen LogP contribution in [-0.2, 0) is 0 Å². The van der Waals surface area contributed by atoms with Crippen LogP contribution in [0.25, 0.3) is 0 Å². The molecule has 4 atom stereocenters. The quantitative estimate of drug-likeness (QED) is 0.686. The minimum absolute atomic E-state index is 0.474. The van der Waals surface area contributed by atoms with Gasteiger partial charge in [0.2, 0.25) is 0 Å². The zero-order valence-corrected chi connectivity index (χ0v) is 16.3. The van der Waals surface area contributed by atoms with Crippen LogP contribution >= 0.6 is 0 Å². The van der Waals surface area contributed by atoms with E-state index in [1.807, 2.05) is 6.92 Å². The largest absolute Gasteiger partial charge is 0.361 e. The predicted molar refractivity (Wildman–Crippen MR) is 97.0 cm³/mol. The summed E-state index contributed by atoms with van der Waals surface area (Å²) in [6, 6.07) is 0. The summed E-state index contributed by atoms with van der Waals surface area (Å²) < 4.78 is 11.3. The highest BCUT2D eigenvalue weighted by atomic mass is 16.5. The molecule has 2 aromatic rings. The van der Waals surface area contributed by atoms with Crippen LogP contribution in [0.1, 0.15) is 105 Å². The van der Waals surface area contributed by atoms with Gasteiger partial charge in [0.1, 0.15) is 11.5 Å². The molecule has 0 spiro atoms. The average molecular weight is 342 g/mol. The van der Waals surface area contributed by atoms with Crippen molar-refractivity contribution in [3.8, 4) is 0 Å². The maximum absolute atomic E-state index is 5.75. The van der Waals surface area contributed by atoms with Gasteiger partial charge in [-0.1, -0.05) is 38.0 Å². The van der Waals surface area contributed by atoms with Gasteiger partial charge in [-0.05, 0) is 56.8 Å². The first-order valence-corrected chi connectivity index (χ1v) is 9.82. The normalized spacial score (nSPS) is 28.6. The van der Waals surface area contributed by atoms with Gasteiger partial charge in [0, 0.05) is 23.0 Å². The van der Waals surface area contributed by atoms with Crippen LogP contribution < -0.4 is 0 Å². The molecule has 4 rings (SSSR count). The fourth-order valence-electron chi connectivity index (χ4n) is 5.10. The van der Waals surface area contributed by atoms with Gasteiger partial charge < -0.3 is 9.05 Å². The summed E-state index contributed by atoms with van der Waals surface area (Å²) in [6.45, 7) is 13.1. The lowest BCUT2D eigenvalue weighted by molar-refractivity contribution is 0.204. The third-order valence-corrected chi connectivity index (χ3v) is 6.43. The molecule has 4 unspecified atom stereocenters. The molecular weight excluding hydrogens is 312 g/mol. The SMILES string of the molecule is Cc1noc(C2CC2C2CCC2c2noc(C)c2C(C)C)c1C(C)C. The van der Waals surface area contributed by atoms with Crippen molar-refractivity contribution in [2.45, 2.75) is 84.5 Å². The molecule has 4 nitrogen and oxygen atoms in total. The zero-order valence-electron chi connectivity index (χ0n) is 16.3. The third kappa shape index (κ3) is 2.65. The van der Waals surface area contributed by atoms with Gasteiger partial charge in [0.25, 0.3) is 0 Å². The van der Waals surface area contributed by atoms with Gasteiger partial charge in [-0.25, -0.2) is 0 Å². The lowest BCUT2D eigenvalue weighted by Gasteiger charge is -2.36. The minimum Gasteiger partial charge on any atom is -0.361 e.